The van der Waals surface area contributed by atoms with Crippen molar-refractivity contribution in [2.24, 2.45) is 0 Å². The van der Waals surface area contributed by atoms with Crippen LogP contribution >= 0.6 is 11.3 Å². The smallest absolute Gasteiger partial charge is 0.255 e. The van der Waals surface area contributed by atoms with E-state index in [-0.39, 0.29) is 5.91 Å². The van der Waals surface area contributed by atoms with Gasteiger partial charge in [-0.3, -0.25) is 4.79 Å². The Kier molecular flexibility index (Phi) is 4.92. The van der Waals surface area contributed by atoms with Crippen LogP contribution in [0.25, 0.3) is 0 Å². The molecule has 0 aliphatic carbocycles. The summed E-state index contributed by atoms with van der Waals surface area (Å²) in [7, 11) is 0. The Labute approximate surface area is 116 Å². The van der Waals surface area contributed by atoms with E-state index in [2.05, 4.69) is 21.7 Å². The zero-order valence-corrected chi connectivity index (χ0v) is 11.7. The molecule has 5 heteroatoms. The van der Waals surface area contributed by atoms with Gasteiger partial charge in [0.05, 0.1) is 5.56 Å². The fourth-order valence-electron chi connectivity index (χ4n) is 1.75. The summed E-state index contributed by atoms with van der Waals surface area (Å²) in [6.45, 7) is 3.36. The van der Waals surface area contributed by atoms with Gasteiger partial charge in [0.25, 0.3) is 5.91 Å². The zero-order chi connectivity index (χ0) is 13.5. The second-order valence-electron chi connectivity index (χ2n) is 4.02. The molecule has 0 fully saturated rings. The number of hydrogen-bond donors (Lipinski definition) is 2. The molecule has 2 aromatic rings. The Balaban J connectivity index is 1.92. The Hall–Kier alpha value is -1.88. The Morgan fingerprint density at radius 3 is 3.00 bits per heavy atom. The van der Waals surface area contributed by atoms with Gasteiger partial charge in [0.15, 0.2) is 0 Å². The highest BCUT2D eigenvalue weighted by Crippen LogP contribution is 2.11. The molecule has 2 N–H and O–H groups in total. The number of aromatic nitrogens is 1. The minimum Gasteiger partial charge on any atom is -0.370 e. The molecular formula is C14H17N3OS. The van der Waals surface area contributed by atoms with Gasteiger partial charge in [-0.25, -0.2) is 4.98 Å². The van der Waals surface area contributed by atoms with Crippen molar-refractivity contribution in [2.75, 3.05) is 18.4 Å². The molecule has 0 atom stereocenters. The average Bonchev–Trinajstić information content (AvgIpc) is 2.93. The van der Waals surface area contributed by atoms with Crippen molar-refractivity contribution in [3.8, 4) is 0 Å². The second kappa shape index (κ2) is 6.89. The number of nitrogens with one attached hydrogen (secondary N) is 2. The lowest BCUT2D eigenvalue weighted by molar-refractivity contribution is 0.0954. The summed E-state index contributed by atoms with van der Waals surface area (Å²) >= 11 is 1.71. The molecule has 0 aromatic carbocycles. The largest absolute Gasteiger partial charge is 0.370 e. The van der Waals surface area contributed by atoms with Crippen LogP contribution < -0.4 is 10.6 Å². The van der Waals surface area contributed by atoms with Crippen LogP contribution in [0.5, 0.6) is 0 Å². The van der Waals surface area contributed by atoms with Crippen molar-refractivity contribution in [1.29, 1.82) is 0 Å². The van der Waals surface area contributed by atoms with Crippen molar-refractivity contribution >= 4 is 23.1 Å². The maximum atomic E-state index is 12.1. The van der Waals surface area contributed by atoms with Gasteiger partial charge in [-0.2, -0.15) is 0 Å². The average molecular weight is 275 g/mol. The number of thiophene rings is 1. The van der Waals surface area contributed by atoms with E-state index in [0.717, 1.165) is 13.0 Å². The van der Waals surface area contributed by atoms with Crippen LogP contribution in [0.4, 0.5) is 5.82 Å². The number of hydrogen-bond acceptors (Lipinski definition) is 4. The highest BCUT2D eigenvalue weighted by atomic mass is 32.1. The van der Waals surface area contributed by atoms with Crippen LogP contribution in [0.2, 0.25) is 0 Å². The molecule has 2 heterocycles. The maximum Gasteiger partial charge on any atom is 0.255 e. The second-order valence-corrected chi connectivity index (χ2v) is 5.05. The van der Waals surface area contributed by atoms with Crippen molar-refractivity contribution in [2.45, 2.75) is 13.3 Å². The molecule has 0 unspecified atom stereocenters. The molecule has 0 bridgehead atoms. The van der Waals surface area contributed by atoms with E-state index < -0.39 is 0 Å². The topological polar surface area (TPSA) is 54.0 Å². The molecule has 0 aliphatic rings. The summed E-state index contributed by atoms with van der Waals surface area (Å²) in [4.78, 5) is 17.5. The first-order valence-corrected chi connectivity index (χ1v) is 7.18. The van der Waals surface area contributed by atoms with Crippen molar-refractivity contribution < 1.29 is 4.79 Å². The number of carbonyl (C=O) groups excluding carboxylic acids is 1. The third-order valence-electron chi connectivity index (χ3n) is 2.63. The highest BCUT2D eigenvalue weighted by Gasteiger charge is 2.10. The molecule has 4 nitrogen and oxygen atoms in total. The van der Waals surface area contributed by atoms with Crippen molar-refractivity contribution in [3.05, 3.63) is 46.3 Å². The summed E-state index contributed by atoms with van der Waals surface area (Å²) in [5.41, 5.74) is 0.593. The van der Waals surface area contributed by atoms with E-state index in [1.807, 2.05) is 18.4 Å². The molecule has 2 rings (SSSR count). The molecule has 0 radical (unpaired) electrons. The van der Waals surface area contributed by atoms with Gasteiger partial charge in [-0.05, 0) is 36.9 Å². The molecule has 0 saturated carbocycles. The summed E-state index contributed by atoms with van der Waals surface area (Å²) in [6.07, 6.45) is 2.54. The van der Waals surface area contributed by atoms with Gasteiger partial charge in [0.1, 0.15) is 5.82 Å². The zero-order valence-electron chi connectivity index (χ0n) is 10.8. The third kappa shape index (κ3) is 3.79. The quantitative estimate of drug-likeness (QED) is 0.852. The minimum absolute atomic E-state index is 0.0828. The third-order valence-corrected chi connectivity index (χ3v) is 3.57. The number of anilines is 1. The molecule has 0 aliphatic heterocycles. The van der Waals surface area contributed by atoms with E-state index >= 15 is 0 Å². The lowest BCUT2D eigenvalue weighted by Crippen LogP contribution is -2.26. The summed E-state index contributed by atoms with van der Waals surface area (Å²) in [6, 6.07) is 7.65. The van der Waals surface area contributed by atoms with Crippen molar-refractivity contribution in [1.82, 2.24) is 10.3 Å². The normalized spacial score (nSPS) is 10.2. The first-order valence-electron chi connectivity index (χ1n) is 6.30. The van der Waals surface area contributed by atoms with Gasteiger partial charge >= 0.3 is 0 Å². The van der Waals surface area contributed by atoms with Gasteiger partial charge in [0.2, 0.25) is 0 Å². The summed E-state index contributed by atoms with van der Waals surface area (Å²) in [5, 5.41) is 8.06. The van der Waals surface area contributed by atoms with Crippen LogP contribution in [-0.2, 0) is 6.42 Å². The van der Waals surface area contributed by atoms with Gasteiger partial charge < -0.3 is 10.6 Å². The SMILES string of the molecule is CCNc1ncccc1C(=O)NCCc1cccs1. The number of pyridine rings is 1. The molecular weight excluding hydrogens is 258 g/mol. The van der Waals surface area contributed by atoms with Crippen LogP contribution in [0.1, 0.15) is 22.2 Å². The number of amides is 1. The fourth-order valence-corrected chi connectivity index (χ4v) is 2.46. The Morgan fingerprint density at radius 2 is 2.26 bits per heavy atom. The predicted octanol–water partition coefficient (Wildman–Crippen LogP) is 2.55. The van der Waals surface area contributed by atoms with Gasteiger partial charge in [0, 0.05) is 24.2 Å². The lowest BCUT2D eigenvalue weighted by atomic mass is 10.2. The fraction of sp³-hybridized carbons (Fsp3) is 0.286. The van der Waals surface area contributed by atoms with Crippen molar-refractivity contribution in [3.63, 3.8) is 0 Å². The standard InChI is InChI=1S/C14H17N3OS/c1-2-15-13-12(6-3-8-16-13)14(18)17-9-7-11-5-4-10-19-11/h3-6,8,10H,2,7,9H2,1H3,(H,15,16)(H,17,18). The van der Waals surface area contributed by atoms with E-state index in [0.29, 0.717) is 17.9 Å². The van der Waals surface area contributed by atoms with E-state index in [1.54, 1.807) is 29.7 Å². The van der Waals surface area contributed by atoms with E-state index in [1.165, 1.54) is 4.88 Å². The van der Waals surface area contributed by atoms with Gasteiger partial charge in [-0.15, -0.1) is 11.3 Å². The first-order chi connectivity index (χ1) is 9.31. The molecule has 2 aromatic heterocycles. The van der Waals surface area contributed by atoms with Crippen LogP contribution in [0.15, 0.2) is 35.8 Å². The number of rotatable bonds is 6. The molecule has 0 saturated heterocycles. The maximum absolute atomic E-state index is 12.1. The summed E-state index contributed by atoms with van der Waals surface area (Å²) < 4.78 is 0. The van der Waals surface area contributed by atoms with Crippen LogP contribution in [0, 0.1) is 0 Å². The number of nitrogens with zero attached hydrogens (tertiary/aromatic N) is 1. The molecule has 1 amide bonds. The molecule has 0 spiro atoms. The molecule has 19 heavy (non-hydrogen) atoms. The Morgan fingerprint density at radius 1 is 1.37 bits per heavy atom. The van der Waals surface area contributed by atoms with Crippen LogP contribution in [0.3, 0.4) is 0 Å². The Bertz CT molecular complexity index is 525. The summed E-state index contributed by atoms with van der Waals surface area (Å²) in [5.74, 6) is 0.555. The monoisotopic (exact) mass is 275 g/mol. The predicted molar refractivity (Wildman–Crippen MR) is 78.8 cm³/mol. The van der Waals surface area contributed by atoms with E-state index in [4.69, 9.17) is 0 Å². The lowest BCUT2D eigenvalue weighted by Gasteiger charge is -2.09. The number of carbonyl (C=O) groups is 1. The van der Waals surface area contributed by atoms with Gasteiger partial charge in [-0.1, -0.05) is 6.07 Å². The van der Waals surface area contributed by atoms with E-state index in [9.17, 15) is 4.79 Å². The van der Waals surface area contributed by atoms with Crippen LogP contribution in [-0.4, -0.2) is 24.0 Å². The first kappa shape index (κ1) is 13.5. The minimum atomic E-state index is -0.0828. The highest BCUT2D eigenvalue weighted by molar-refractivity contribution is 7.09. The molecule has 100 valence electrons.